The fourth-order valence-corrected chi connectivity index (χ4v) is 3.04. The zero-order valence-corrected chi connectivity index (χ0v) is 15.0. The molecule has 6 heteroatoms. The van der Waals surface area contributed by atoms with Gasteiger partial charge in [0.25, 0.3) is 0 Å². The fraction of sp³-hybridized carbons (Fsp3) is 0.238. The van der Waals surface area contributed by atoms with E-state index in [0.717, 1.165) is 16.8 Å². The molecular weight excluding hydrogens is 347 g/mol. The van der Waals surface area contributed by atoms with Crippen molar-refractivity contribution in [3.05, 3.63) is 77.1 Å². The highest BCUT2D eigenvalue weighted by Crippen LogP contribution is 2.33. The molecule has 0 saturated carbocycles. The van der Waals surface area contributed by atoms with Crippen LogP contribution in [0, 0.1) is 12.7 Å². The molecule has 5 nitrogen and oxygen atoms in total. The summed E-state index contributed by atoms with van der Waals surface area (Å²) in [5.41, 5.74) is 6.18. The highest BCUT2D eigenvalue weighted by molar-refractivity contribution is 5.81. The van der Waals surface area contributed by atoms with E-state index in [2.05, 4.69) is 5.43 Å². The number of hydrazine groups is 1. The van der Waals surface area contributed by atoms with Crippen molar-refractivity contribution in [2.24, 2.45) is 0 Å². The van der Waals surface area contributed by atoms with Crippen LogP contribution >= 0.6 is 0 Å². The summed E-state index contributed by atoms with van der Waals surface area (Å²) in [7, 11) is 0. The van der Waals surface area contributed by atoms with E-state index in [0.29, 0.717) is 5.56 Å². The van der Waals surface area contributed by atoms with E-state index in [4.69, 9.17) is 5.11 Å². The van der Waals surface area contributed by atoms with Gasteiger partial charge in [-0.2, -0.15) is 0 Å². The minimum atomic E-state index is -0.943. The molecule has 3 rings (SSSR count). The van der Waals surface area contributed by atoms with E-state index in [1.807, 2.05) is 37.3 Å². The molecule has 0 aliphatic carbocycles. The number of nitrogens with zero attached hydrogens (tertiary/aromatic N) is 1. The average Bonchev–Trinajstić information content (AvgIpc) is 3.07. The lowest BCUT2D eigenvalue weighted by Gasteiger charge is -2.25. The first-order valence-corrected chi connectivity index (χ1v) is 8.79. The van der Waals surface area contributed by atoms with Crippen LogP contribution < -0.4 is 5.43 Å². The van der Waals surface area contributed by atoms with Gasteiger partial charge < -0.3 is 5.11 Å². The topological polar surface area (TPSA) is 69.6 Å². The Hall–Kier alpha value is -3.15. The number of benzene rings is 2. The molecular formula is C21H21FN2O3. The van der Waals surface area contributed by atoms with Crippen molar-refractivity contribution >= 4 is 17.6 Å². The standard InChI is InChI=1S/C21H21FN2O3/c1-14-9-11-15(12-10-14)18-13-19(16-5-2-3-6-17(16)22)24(23-18)20(25)7-4-8-21(26)27/h2-3,5-6,9-13,19,23H,4,7-8H2,1H3,(H,26,27)/t19-/m1/s1. The van der Waals surface area contributed by atoms with Crippen LogP contribution in [0.4, 0.5) is 4.39 Å². The Morgan fingerprint density at radius 1 is 1.11 bits per heavy atom. The zero-order valence-electron chi connectivity index (χ0n) is 15.0. The van der Waals surface area contributed by atoms with E-state index in [-0.39, 0.29) is 25.2 Å². The lowest BCUT2D eigenvalue weighted by Crippen LogP contribution is -2.39. The number of hydrogen-bond donors (Lipinski definition) is 2. The van der Waals surface area contributed by atoms with Gasteiger partial charge in [-0.15, -0.1) is 0 Å². The van der Waals surface area contributed by atoms with Gasteiger partial charge >= 0.3 is 5.97 Å². The Morgan fingerprint density at radius 2 is 1.81 bits per heavy atom. The largest absolute Gasteiger partial charge is 0.481 e. The molecule has 27 heavy (non-hydrogen) atoms. The van der Waals surface area contributed by atoms with Gasteiger partial charge in [0.1, 0.15) is 11.9 Å². The van der Waals surface area contributed by atoms with Crippen LogP contribution in [0.5, 0.6) is 0 Å². The van der Waals surface area contributed by atoms with Gasteiger partial charge in [-0.1, -0.05) is 48.0 Å². The van der Waals surface area contributed by atoms with Gasteiger partial charge in [-0.25, -0.2) is 9.40 Å². The molecule has 2 aromatic carbocycles. The Balaban J connectivity index is 1.87. The predicted molar refractivity (Wildman–Crippen MR) is 99.8 cm³/mol. The molecule has 2 N–H and O–H groups in total. The molecule has 1 aliphatic heterocycles. The van der Waals surface area contributed by atoms with Crippen LogP contribution in [0.15, 0.2) is 54.6 Å². The summed E-state index contributed by atoms with van der Waals surface area (Å²) < 4.78 is 14.3. The highest BCUT2D eigenvalue weighted by Gasteiger charge is 2.32. The quantitative estimate of drug-likeness (QED) is 0.813. The summed E-state index contributed by atoms with van der Waals surface area (Å²) in [4.78, 5) is 23.4. The second-order valence-electron chi connectivity index (χ2n) is 6.54. The molecule has 0 fully saturated rings. The van der Waals surface area contributed by atoms with E-state index < -0.39 is 17.8 Å². The van der Waals surface area contributed by atoms with Crippen molar-refractivity contribution in [2.45, 2.75) is 32.2 Å². The number of carboxylic acid groups (broad SMARTS) is 1. The maximum atomic E-state index is 14.3. The fourth-order valence-electron chi connectivity index (χ4n) is 3.04. The highest BCUT2D eigenvalue weighted by atomic mass is 19.1. The molecule has 0 radical (unpaired) electrons. The van der Waals surface area contributed by atoms with Crippen molar-refractivity contribution in [3.63, 3.8) is 0 Å². The van der Waals surface area contributed by atoms with Crippen LogP contribution in [-0.4, -0.2) is 22.0 Å². The first-order chi connectivity index (χ1) is 13.0. The minimum absolute atomic E-state index is 0.0687. The first-order valence-electron chi connectivity index (χ1n) is 8.79. The average molecular weight is 368 g/mol. The molecule has 1 atom stereocenters. The molecule has 140 valence electrons. The number of carbonyl (C=O) groups is 2. The number of nitrogens with one attached hydrogen (secondary N) is 1. The van der Waals surface area contributed by atoms with E-state index in [1.54, 1.807) is 18.2 Å². The number of carboxylic acids is 1. The maximum Gasteiger partial charge on any atom is 0.303 e. The molecule has 1 heterocycles. The maximum absolute atomic E-state index is 14.3. The molecule has 2 aromatic rings. The van der Waals surface area contributed by atoms with Gasteiger partial charge in [0.2, 0.25) is 5.91 Å². The second kappa shape index (κ2) is 8.03. The number of aliphatic carboxylic acids is 1. The zero-order chi connectivity index (χ0) is 19.4. The normalized spacial score (nSPS) is 16.0. The van der Waals surface area contributed by atoms with Gasteiger partial charge in [0.05, 0.1) is 5.70 Å². The Morgan fingerprint density at radius 3 is 2.48 bits per heavy atom. The van der Waals surface area contributed by atoms with Crippen LogP contribution in [0.1, 0.15) is 42.0 Å². The monoisotopic (exact) mass is 368 g/mol. The van der Waals surface area contributed by atoms with Crippen LogP contribution in [0.3, 0.4) is 0 Å². The number of hydrogen-bond acceptors (Lipinski definition) is 3. The Kier molecular flexibility index (Phi) is 5.54. The third-order valence-corrected chi connectivity index (χ3v) is 4.48. The van der Waals surface area contributed by atoms with Crippen molar-refractivity contribution in [2.75, 3.05) is 0 Å². The van der Waals surface area contributed by atoms with Crippen molar-refractivity contribution < 1.29 is 19.1 Å². The van der Waals surface area contributed by atoms with E-state index >= 15 is 0 Å². The Bertz CT molecular complexity index is 877. The molecule has 0 bridgehead atoms. The van der Waals surface area contributed by atoms with Crippen molar-refractivity contribution in [1.82, 2.24) is 10.4 Å². The minimum Gasteiger partial charge on any atom is -0.481 e. The number of carbonyl (C=O) groups excluding carboxylic acids is 1. The SMILES string of the molecule is Cc1ccc(C2=C[C@H](c3ccccc3F)N(C(=O)CCCC(=O)O)N2)cc1. The van der Waals surface area contributed by atoms with E-state index in [1.165, 1.54) is 11.1 Å². The van der Waals surface area contributed by atoms with E-state index in [9.17, 15) is 14.0 Å². The van der Waals surface area contributed by atoms with Crippen LogP contribution in [0.2, 0.25) is 0 Å². The third-order valence-electron chi connectivity index (χ3n) is 4.48. The first kappa shape index (κ1) is 18.6. The van der Waals surface area contributed by atoms with Crippen molar-refractivity contribution in [1.29, 1.82) is 0 Å². The smallest absolute Gasteiger partial charge is 0.303 e. The summed E-state index contributed by atoms with van der Waals surface area (Å²) in [6.07, 6.45) is 2.04. The lowest BCUT2D eigenvalue weighted by atomic mass is 10.0. The third kappa shape index (κ3) is 4.34. The van der Waals surface area contributed by atoms with Gasteiger partial charge in [0.15, 0.2) is 0 Å². The number of amides is 1. The molecule has 0 spiro atoms. The van der Waals surface area contributed by atoms with Gasteiger partial charge in [-0.05, 0) is 31.1 Å². The van der Waals surface area contributed by atoms with Crippen LogP contribution in [0.25, 0.3) is 5.70 Å². The predicted octanol–water partition coefficient (Wildman–Crippen LogP) is 3.82. The summed E-state index contributed by atoms with van der Waals surface area (Å²) in [5, 5.41) is 10.2. The van der Waals surface area contributed by atoms with Gasteiger partial charge in [0, 0.05) is 18.4 Å². The molecule has 1 aliphatic rings. The summed E-state index contributed by atoms with van der Waals surface area (Å²) in [6.45, 7) is 1.99. The summed E-state index contributed by atoms with van der Waals surface area (Å²) in [5.74, 6) is -1.61. The number of aryl methyl sites for hydroxylation is 1. The molecule has 0 saturated heterocycles. The van der Waals surface area contributed by atoms with Crippen LogP contribution in [-0.2, 0) is 9.59 Å². The van der Waals surface area contributed by atoms with Crippen molar-refractivity contribution in [3.8, 4) is 0 Å². The number of rotatable bonds is 6. The number of halogens is 1. The Labute approximate surface area is 157 Å². The summed E-state index contributed by atoms with van der Waals surface area (Å²) >= 11 is 0. The molecule has 0 unspecified atom stereocenters. The second-order valence-corrected chi connectivity index (χ2v) is 6.54. The molecule has 0 aromatic heterocycles. The summed E-state index contributed by atoms with van der Waals surface area (Å²) in [6, 6.07) is 13.5. The lowest BCUT2D eigenvalue weighted by molar-refractivity contribution is -0.137. The van der Waals surface area contributed by atoms with Gasteiger partial charge in [-0.3, -0.25) is 15.0 Å². The molecule has 1 amide bonds.